The fraction of sp³-hybridized carbons (Fsp3) is 0.308. The zero-order valence-electron chi connectivity index (χ0n) is 18.7. The minimum Gasteiger partial charge on any atom is -0.497 e. The van der Waals surface area contributed by atoms with Gasteiger partial charge in [-0.3, -0.25) is 19.5 Å². The molecule has 0 unspecified atom stereocenters. The van der Waals surface area contributed by atoms with E-state index in [1.54, 1.807) is 31.4 Å². The zero-order valence-corrected chi connectivity index (χ0v) is 18.7. The molecule has 170 valence electrons. The van der Waals surface area contributed by atoms with Crippen molar-refractivity contribution in [1.29, 1.82) is 0 Å². The molecule has 1 aliphatic rings. The van der Waals surface area contributed by atoms with E-state index in [2.05, 4.69) is 15.3 Å². The van der Waals surface area contributed by atoms with Gasteiger partial charge in [0.15, 0.2) is 0 Å². The first kappa shape index (κ1) is 22.5. The first-order valence-corrected chi connectivity index (χ1v) is 11.3. The summed E-state index contributed by atoms with van der Waals surface area (Å²) in [5, 5.41) is 3.20. The van der Waals surface area contributed by atoms with Crippen LogP contribution in [0.2, 0.25) is 0 Å². The van der Waals surface area contributed by atoms with Crippen molar-refractivity contribution in [3.8, 4) is 5.75 Å². The molecule has 1 heterocycles. The summed E-state index contributed by atoms with van der Waals surface area (Å²) < 4.78 is 5.28. The Morgan fingerprint density at radius 2 is 1.73 bits per heavy atom. The van der Waals surface area contributed by atoms with E-state index in [1.807, 2.05) is 30.3 Å². The van der Waals surface area contributed by atoms with Crippen LogP contribution in [0.4, 0.5) is 5.69 Å². The minimum atomic E-state index is -0.865. The number of ether oxygens (including phenoxy) is 1. The SMILES string of the molecule is COc1ccc(N(C(=O)c2cnccn2)[C@@H](C(=O)NC2CCCCC2)c2ccccc2)cc1. The largest absolute Gasteiger partial charge is 0.497 e. The molecule has 0 bridgehead atoms. The number of rotatable bonds is 7. The molecule has 4 rings (SSSR count). The molecule has 7 heteroatoms. The van der Waals surface area contributed by atoms with Crippen LogP contribution < -0.4 is 15.0 Å². The van der Waals surface area contributed by atoms with E-state index in [9.17, 15) is 9.59 Å². The van der Waals surface area contributed by atoms with Crippen molar-refractivity contribution in [3.63, 3.8) is 0 Å². The van der Waals surface area contributed by atoms with Crippen molar-refractivity contribution in [2.24, 2.45) is 0 Å². The highest BCUT2D eigenvalue weighted by Crippen LogP contribution is 2.31. The van der Waals surface area contributed by atoms with Gasteiger partial charge >= 0.3 is 0 Å². The van der Waals surface area contributed by atoms with E-state index >= 15 is 0 Å². The molecule has 0 saturated heterocycles. The summed E-state index contributed by atoms with van der Waals surface area (Å²) in [4.78, 5) is 37.2. The van der Waals surface area contributed by atoms with Gasteiger partial charge in [0.1, 0.15) is 17.5 Å². The highest BCUT2D eigenvalue weighted by molar-refractivity contribution is 6.09. The standard InChI is InChI=1S/C26H28N4O3/c1-33-22-14-12-21(13-15-22)30(26(32)23-18-27-16-17-28-23)24(19-8-4-2-5-9-19)25(31)29-20-10-6-3-7-11-20/h2,4-5,8-9,12-18,20,24H,3,6-7,10-11H2,1H3,(H,29,31)/t24-/m1/s1. The van der Waals surface area contributed by atoms with Crippen molar-refractivity contribution in [3.05, 3.63) is 84.4 Å². The first-order valence-electron chi connectivity index (χ1n) is 11.3. The highest BCUT2D eigenvalue weighted by atomic mass is 16.5. The number of nitrogens with one attached hydrogen (secondary N) is 1. The molecule has 2 aromatic carbocycles. The first-order chi connectivity index (χ1) is 16.2. The highest BCUT2D eigenvalue weighted by Gasteiger charge is 2.35. The van der Waals surface area contributed by atoms with Crippen LogP contribution in [0.15, 0.2) is 73.2 Å². The van der Waals surface area contributed by atoms with Crippen LogP contribution in [0.1, 0.15) is 54.2 Å². The van der Waals surface area contributed by atoms with E-state index in [-0.39, 0.29) is 17.6 Å². The Morgan fingerprint density at radius 3 is 2.36 bits per heavy atom. The number of nitrogens with zero attached hydrogens (tertiary/aromatic N) is 3. The molecule has 1 fully saturated rings. The second kappa shape index (κ2) is 10.7. The van der Waals surface area contributed by atoms with Crippen molar-refractivity contribution in [2.45, 2.75) is 44.2 Å². The van der Waals surface area contributed by atoms with Gasteiger partial charge in [0, 0.05) is 24.1 Å². The fourth-order valence-electron chi connectivity index (χ4n) is 4.24. The van der Waals surface area contributed by atoms with Gasteiger partial charge in [-0.15, -0.1) is 0 Å². The van der Waals surface area contributed by atoms with Crippen LogP contribution in [-0.4, -0.2) is 34.9 Å². The van der Waals surface area contributed by atoms with Crippen molar-refractivity contribution < 1.29 is 14.3 Å². The second-order valence-electron chi connectivity index (χ2n) is 8.12. The number of aromatic nitrogens is 2. The second-order valence-corrected chi connectivity index (χ2v) is 8.12. The summed E-state index contributed by atoms with van der Waals surface area (Å²) >= 11 is 0. The van der Waals surface area contributed by atoms with Gasteiger partial charge in [-0.05, 0) is 42.7 Å². The van der Waals surface area contributed by atoms with Crippen molar-refractivity contribution in [2.75, 3.05) is 12.0 Å². The molecule has 0 spiro atoms. The number of hydrogen-bond acceptors (Lipinski definition) is 5. The molecule has 1 aromatic heterocycles. The minimum absolute atomic E-state index is 0.113. The number of hydrogen-bond donors (Lipinski definition) is 1. The zero-order chi connectivity index (χ0) is 23.0. The summed E-state index contributed by atoms with van der Waals surface area (Å²) in [5.41, 5.74) is 1.46. The van der Waals surface area contributed by atoms with Gasteiger partial charge in [0.2, 0.25) is 5.91 Å². The molecule has 0 aliphatic heterocycles. The molecule has 33 heavy (non-hydrogen) atoms. The van der Waals surface area contributed by atoms with Gasteiger partial charge < -0.3 is 10.1 Å². The predicted molar refractivity (Wildman–Crippen MR) is 126 cm³/mol. The maximum atomic E-state index is 13.7. The lowest BCUT2D eigenvalue weighted by Gasteiger charge is -2.33. The Kier molecular flexibility index (Phi) is 7.29. The molecular weight excluding hydrogens is 416 g/mol. The average Bonchev–Trinajstić information content (AvgIpc) is 2.88. The van der Waals surface area contributed by atoms with E-state index in [0.29, 0.717) is 11.4 Å². The third-order valence-corrected chi connectivity index (χ3v) is 5.93. The van der Waals surface area contributed by atoms with Gasteiger partial charge in [-0.2, -0.15) is 0 Å². The van der Waals surface area contributed by atoms with E-state index in [0.717, 1.165) is 31.2 Å². The number of methoxy groups -OCH3 is 1. The number of anilines is 1. The molecular formula is C26H28N4O3. The van der Waals surface area contributed by atoms with Crippen LogP contribution in [0, 0.1) is 0 Å². The van der Waals surface area contributed by atoms with Gasteiger partial charge in [0.05, 0.1) is 13.3 Å². The summed E-state index contributed by atoms with van der Waals surface area (Å²) in [6.45, 7) is 0. The van der Waals surface area contributed by atoms with Crippen LogP contribution in [0.3, 0.4) is 0 Å². The number of carbonyl (C=O) groups is 2. The Bertz CT molecular complexity index is 1050. The maximum Gasteiger partial charge on any atom is 0.279 e. The lowest BCUT2D eigenvalue weighted by Crippen LogP contribution is -2.47. The predicted octanol–water partition coefficient (Wildman–Crippen LogP) is 4.32. The smallest absolute Gasteiger partial charge is 0.279 e. The average molecular weight is 445 g/mol. The molecule has 1 atom stereocenters. The lowest BCUT2D eigenvalue weighted by atomic mass is 9.94. The van der Waals surface area contributed by atoms with Gasteiger partial charge in [0.25, 0.3) is 5.91 Å². The monoisotopic (exact) mass is 444 g/mol. The third-order valence-electron chi connectivity index (χ3n) is 5.93. The summed E-state index contributed by atoms with van der Waals surface area (Å²) in [7, 11) is 1.59. The fourth-order valence-corrected chi connectivity index (χ4v) is 4.24. The third kappa shape index (κ3) is 5.37. The van der Waals surface area contributed by atoms with Crippen molar-refractivity contribution >= 4 is 17.5 Å². The molecule has 0 radical (unpaired) electrons. The van der Waals surface area contributed by atoms with Crippen LogP contribution in [0.25, 0.3) is 0 Å². The lowest BCUT2D eigenvalue weighted by molar-refractivity contribution is -0.123. The Balaban J connectivity index is 1.77. The quantitative estimate of drug-likeness (QED) is 0.587. The van der Waals surface area contributed by atoms with E-state index < -0.39 is 11.9 Å². The summed E-state index contributed by atoms with van der Waals surface area (Å²) in [5.74, 6) is 0.0515. The Morgan fingerprint density at radius 1 is 1.00 bits per heavy atom. The van der Waals surface area contributed by atoms with E-state index in [4.69, 9.17) is 4.74 Å². The van der Waals surface area contributed by atoms with Crippen LogP contribution in [0.5, 0.6) is 5.75 Å². The summed E-state index contributed by atoms with van der Waals surface area (Å²) in [6.07, 6.45) is 9.70. The maximum absolute atomic E-state index is 13.7. The Labute approximate surface area is 193 Å². The summed E-state index contributed by atoms with van der Waals surface area (Å²) in [6, 6.07) is 15.7. The number of carbonyl (C=O) groups excluding carboxylic acids is 2. The van der Waals surface area contributed by atoms with Crippen LogP contribution >= 0.6 is 0 Å². The number of benzene rings is 2. The van der Waals surface area contributed by atoms with E-state index in [1.165, 1.54) is 29.9 Å². The Hall–Kier alpha value is -3.74. The number of amides is 2. The molecule has 7 nitrogen and oxygen atoms in total. The molecule has 2 amide bonds. The van der Waals surface area contributed by atoms with Crippen molar-refractivity contribution in [1.82, 2.24) is 15.3 Å². The molecule has 1 saturated carbocycles. The normalized spacial score (nSPS) is 14.8. The topological polar surface area (TPSA) is 84.4 Å². The molecule has 1 aliphatic carbocycles. The van der Waals surface area contributed by atoms with Crippen LogP contribution in [-0.2, 0) is 4.79 Å². The van der Waals surface area contributed by atoms with Gasteiger partial charge in [-0.25, -0.2) is 4.98 Å². The molecule has 3 aromatic rings. The molecule has 1 N–H and O–H groups in total. The van der Waals surface area contributed by atoms with Gasteiger partial charge in [-0.1, -0.05) is 49.6 Å².